The van der Waals surface area contributed by atoms with Gasteiger partial charge >= 0.3 is 0 Å². The third-order valence-corrected chi connectivity index (χ3v) is 5.12. The first-order valence-corrected chi connectivity index (χ1v) is 10.7. The van der Waals surface area contributed by atoms with Gasteiger partial charge in [-0.3, -0.25) is 9.59 Å². The van der Waals surface area contributed by atoms with Crippen LogP contribution in [0.3, 0.4) is 0 Å². The van der Waals surface area contributed by atoms with Crippen molar-refractivity contribution in [2.75, 3.05) is 49.7 Å². The Kier molecular flexibility index (Phi) is 6.61. The van der Waals surface area contributed by atoms with E-state index in [2.05, 4.69) is 10.2 Å². The van der Waals surface area contributed by atoms with Crippen LogP contribution in [0.5, 0.6) is 11.5 Å². The molecule has 1 amide bonds. The zero-order valence-electron chi connectivity index (χ0n) is 18.2. The summed E-state index contributed by atoms with van der Waals surface area (Å²) < 4.78 is 22.8. The quantitative estimate of drug-likeness (QED) is 0.602. The maximum Gasteiger partial charge on any atom is 0.291 e. The zero-order chi connectivity index (χ0) is 22.5. The van der Waals surface area contributed by atoms with Gasteiger partial charge in [-0.15, -0.1) is 0 Å². The Labute approximate surface area is 185 Å². The summed E-state index contributed by atoms with van der Waals surface area (Å²) in [5.41, 5.74) is 1.40. The normalized spacial score (nSPS) is 13.8. The van der Waals surface area contributed by atoms with Crippen LogP contribution in [0, 0.1) is 0 Å². The summed E-state index contributed by atoms with van der Waals surface area (Å²) in [6, 6.07) is 11.6. The fraction of sp³-hybridized carbons (Fsp3) is 0.333. The number of ether oxygens (including phenoxy) is 3. The maximum absolute atomic E-state index is 13.0. The number of carbonyl (C=O) groups is 1. The molecule has 2 heterocycles. The molecule has 8 nitrogen and oxygen atoms in total. The van der Waals surface area contributed by atoms with E-state index in [1.807, 2.05) is 19.9 Å². The Balaban J connectivity index is 1.69. The average Bonchev–Trinajstić information content (AvgIpc) is 2.81. The molecule has 4 rings (SSSR count). The van der Waals surface area contributed by atoms with E-state index in [1.165, 1.54) is 6.07 Å². The van der Waals surface area contributed by atoms with Crippen molar-refractivity contribution >= 4 is 28.3 Å². The predicted octanol–water partition coefficient (Wildman–Crippen LogP) is 3.68. The van der Waals surface area contributed by atoms with Crippen LogP contribution in [-0.4, -0.2) is 45.4 Å². The molecule has 32 heavy (non-hydrogen) atoms. The number of nitrogens with one attached hydrogen (secondary N) is 1. The number of amides is 1. The van der Waals surface area contributed by atoms with Crippen LogP contribution in [0.15, 0.2) is 51.7 Å². The van der Waals surface area contributed by atoms with E-state index in [0.717, 1.165) is 18.8 Å². The molecule has 3 aromatic rings. The van der Waals surface area contributed by atoms with Gasteiger partial charge in [0.05, 0.1) is 43.2 Å². The molecule has 0 atom stereocenters. The number of nitrogens with zero attached hydrogens (tertiary/aromatic N) is 1. The van der Waals surface area contributed by atoms with Crippen LogP contribution in [0.4, 0.5) is 11.4 Å². The Morgan fingerprint density at radius 3 is 2.50 bits per heavy atom. The fourth-order valence-corrected chi connectivity index (χ4v) is 3.64. The molecule has 1 N–H and O–H groups in total. The Hall–Kier alpha value is -3.52. The fourth-order valence-electron chi connectivity index (χ4n) is 3.64. The summed E-state index contributed by atoms with van der Waals surface area (Å²) in [7, 11) is 0. The monoisotopic (exact) mass is 438 g/mol. The third-order valence-electron chi connectivity index (χ3n) is 5.12. The summed E-state index contributed by atoms with van der Waals surface area (Å²) in [6.07, 6.45) is 0. The lowest BCUT2D eigenvalue weighted by Gasteiger charge is -2.31. The van der Waals surface area contributed by atoms with Crippen molar-refractivity contribution in [2.45, 2.75) is 13.8 Å². The molecule has 1 fully saturated rings. The van der Waals surface area contributed by atoms with Crippen LogP contribution in [0.1, 0.15) is 24.4 Å². The third kappa shape index (κ3) is 4.55. The van der Waals surface area contributed by atoms with Gasteiger partial charge in [0, 0.05) is 31.3 Å². The Morgan fingerprint density at radius 1 is 1.03 bits per heavy atom. The van der Waals surface area contributed by atoms with Crippen molar-refractivity contribution in [2.24, 2.45) is 0 Å². The van der Waals surface area contributed by atoms with Gasteiger partial charge in [0.25, 0.3) is 5.91 Å². The van der Waals surface area contributed by atoms with E-state index in [9.17, 15) is 9.59 Å². The van der Waals surface area contributed by atoms with Crippen LogP contribution in [0.25, 0.3) is 11.0 Å². The molecule has 1 aromatic heterocycles. The highest BCUT2D eigenvalue weighted by atomic mass is 16.5. The van der Waals surface area contributed by atoms with Gasteiger partial charge in [0.1, 0.15) is 17.1 Å². The molecule has 8 heteroatoms. The van der Waals surface area contributed by atoms with Crippen molar-refractivity contribution in [1.29, 1.82) is 0 Å². The molecule has 0 saturated carbocycles. The van der Waals surface area contributed by atoms with Crippen LogP contribution in [-0.2, 0) is 4.74 Å². The summed E-state index contributed by atoms with van der Waals surface area (Å²) >= 11 is 0. The highest BCUT2D eigenvalue weighted by Gasteiger charge is 2.21. The first kappa shape index (κ1) is 21.7. The molecule has 0 bridgehead atoms. The summed E-state index contributed by atoms with van der Waals surface area (Å²) in [4.78, 5) is 27.5. The van der Waals surface area contributed by atoms with Gasteiger partial charge in [-0.05, 0) is 26.0 Å². The number of fused-ring (bicyclic) bond motifs is 1. The molecular formula is C24H26N2O6. The summed E-state index contributed by atoms with van der Waals surface area (Å²) in [6.45, 7) is 7.41. The van der Waals surface area contributed by atoms with Crippen LogP contribution >= 0.6 is 0 Å². The molecule has 0 spiro atoms. The highest BCUT2D eigenvalue weighted by Crippen LogP contribution is 2.39. The lowest BCUT2D eigenvalue weighted by molar-refractivity contribution is 0.0996. The molecule has 0 aliphatic carbocycles. The van der Waals surface area contributed by atoms with Gasteiger partial charge in [-0.2, -0.15) is 0 Å². The van der Waals surface area contributed by atoms with Gasteiger partial charge in [-0.25, -0.2) is 0 Å². The largest absolute Gasteiger partial charge is 0.492 e. The second-order valence-electron chi connectivity index (χ2n) is 7.21. The standard InChI is InChI=1S/C24H26N2O6/c1-3-30-21-14-18(26-9-11-29-12-10-26)22(31-4-2)13-17(21)25-24(28)23-15-19(27)16-7-5-6-8-20(16)32-23/h5-8,13-15H,3-4,9-12H2,1-2H3,(H,25,28). The smallest absolute Gasteiger partial charge is 0.291 e. The van der Waals surface area contributed by atoms with Crippen molar-refractivity contribution in [3.05, 3.63) is 58.4 Å². The summed E-state index contributed by atoms with van der Waals surface area (Å²) in [5, 5.41) is 3.24. The molecule has 1 saturated heterocycles. The second kappa shape index (κ2) is 9.74. The lowest BCUT2D eigenvalue weighted by atomic mass is 10.2. The van der Waals surface area contributed by atoms with E-state index in [4.69, 9.17) is 18.6 Å². The molecule has 1 aliphatic heterocycles. The second-order valence-corrected chi connectivity index (χ2v) is 7.21. The number of para-hydroxylation sites is 1. The zero-order valence-corrected chi connectivity index (χ0v) is 18.2. The van der Waals surface area contributed by atoms with Crippen LogP contribution < -0.4 is 25.1 Å². The Morgan fingerprint density at radius 2 is 1.75 bits per heavy atom. The van der Waals surface area contributed by atoms with Gasteiger partial charge in [0.2, 0.25) is 0 Å². The van der Waals surface area contributed by atoms with Crippen molar-refractivity contribution in [3.8, 4) is 11.5 Å². The lowest BCUT2D eigenvalue weighted by Crippen LogP contribution is -2.36. The maximum atomic E-state index is 13.0. The van der Waals surface area contributed by atoms with Crippen molar-refractivity contribution in [3.63, 3.8) is 0 Å². The number of benzene rings is 2. The SMILES string of the molecule is CCOc1cc(N2CCOCC2)c(OCC)cc1NC(=O)c1cc(=O)c2ccccc2o1. The number of carbonyl (C=O) groups excluding carboxylic acids is 1. The number of rotatable bonds is 7. The van der Waals surface area contributed by atoms with E-state index in [1.54, 1.807) is 30.3 Å². The van der Waals surface area contributed by atoms with Gasteiger partial charge < -0.3 is 28.8 Å². The molecule has 168 valence electrons. The van der Waals surface area contributed by atoms with Crippen molar-refractivity contribution < 1.29 is 23.4 Å². The Bertz CT molecular complexity index is 1170. The van der Waals surface area contributed by atoms with E-state index >= 15 is 0 Å². The molecule has 0 unspecified atom stereocenters. The first-order valence-electron chi connectivity index (χ1n) is 10.7. The molecule has 0 radical (unpaired) electrons. The average molecular weight is 438 g/mol. The predicted molar refractivity (Wildman–Crippen MR) is 122 cm³/mol. The van der Waals surface area contributed by atoms with Gasteiger partial charge in [0.15, 0.2) is 11.2 Å². The summed E-state index contributed by atoms with van der Waals surface area (Å²) in [5.74, 6) is 0.517. The molecular weight excluding hydrogens is 412 g/mol. The number of hydrogen-bond acceptors (Lipinski definition) is 7. The highest BCUT2D eigenvalue weighted by molar-refractivity contribution is 6.04. The van der Waals surface area contributed by atoms with Crippen molar-refractivity contribution in [1.82, 2.24) is 0 Å². The number of anilines is 2. The van der Waals surface area contributed by atoms with E-state index in [-0.39, 0.29) is 11.2 Å². The minimum absolute atomic E-state index is 0.0774. The van der Waals surface area contributed by atoms with Crippen LogP contribution in [0.2, 0.25) is 0 Å². The van der Waals surface area contributed by atoms with E-state index in [0.29, 0.717) is 54.6 Å². The first-order chi connectivity index (χ1) is 15.6. The molecule has 2 aromatic carbocycles. The van der Waals surface area contributed by atoms with E-state index < -0.39 is 5.91 Å². The number of hydrogen-bond donors (Lipinski definition) is 1. The topological polar surface area (TPSA) is 90.2 Å². The number of morpholine rings is 1. The minimum Gasteiger partial charge on any atom is -0.492 e. The molecule has 1 aliphatic rings. The minimum atomic E-state index is -0.546. The van der Waals surface area contributed by atoms with Gasteiger partial charge in [-0.1, -0.05) is 12.1 Å².